The van der Waals surface area contributed by atoms with Crippen molar-refractivity contribution in [2.24, 2.45) is 5.92 Å². The van der Waals surface area contributed by atoms with Gasteiger partial charge < -0.3 is 4.98 Å². The van der Waals surface area contributed by atoms with Gasteiger partial charge in [0.05, 0.1) is 11.0 Å². The minimum atomic E-state index is 0.690. The van der Waals surface area contributed by atoms with Crippen LogP contribution in [0.2, 0.25) is 0 Å². The van der Waals surface area contributed by atoms with E-state index in [1.165, 1.54) is 0 Å². The number of hydrogen-bond acceptors (Lipinski definition) is 2. The van der Waals surface area contributed by atoms with Crippen molar-refractivity contribution in [2.45, 2.75) is 19.0 Å². The van der Waals surface area contributed by atoms with Crippen LogP contribution in [0.5, 0.6) is 0 Å². The maximum atomic E-state index is 4.51. The highest BCUT2D eigenvalue weighted by atomic mass is 79.9. The van der Waals surface area contributed by atoms with Crippen LogP contribution in [0.15, 0.2) is 27.8 Å². The summed E-state index contributed by atoms with van der Waals surface area (Å²) in [5, 5.41) is 1.01. The second kappa shape index (κ2) is 4.58. The van der Waals surface area contributed by atoms with Crippen molar-refractivity contribution in [1.29, 1.82) is 0 Å². The summed E-state index contributed by atoms with van der Waals surface area (Å²) in [5.74, 6) is 1.79. The van der Waals surface area contributed by atoms with Crippen LogP contribution in [0, 0.1) is 5.92 Å². The summed E-state index contributed by atoms with van der Waals surface area (Å²) in [6, 6.07) is 6.09. The predicted octanol–water partition coefficient (Wildman–Crippen LogP) is 4.07. The summed E-state index contributed by atoms with van der Waals surface area (Å²) in [6.07, 6.45) is 0. The van der Waals surface area contributed by atoms with E-state index in [1.807, 2.05) is 12.1 Å². The van der Waals surface area contributed by atoms with Gasteiger partial charge in [0.25, 0.3) is 0 Å². The third kappa shape index (κ3) is 2.75. The average molecular weight is 285 g/mol. The van der Waals surface area contributed by atoms with Crippen molar-refractivity contribution in [3.05, 3.63) is 22.7 Å². The molecule has 0 amide bonds. The summed E-state index contributed by atoms with van der Waals surface area (Å²) < 4.78 is 1.08. The van der Waals surface area contributed by atoms with Crippen LogP contribution >= 0.6 is 27.7 Å². The molecule has 0 fully saturated rings. The van der Waals surface area contributed by atoms with E-state index >= 15 is 0 Å². The van der Waals surface area contributed by atoms with Gasteiger partial charge in [-0.1, -0.05) is 41.5 Å². The molecule has 0 saturated heterocycles. The Balaban J connectivity index is 2.23. The Morgan fingerprint density at radius 1 is 1.47 bits per heavy atom. The highest BCUT2D eigenvalue weighted by Crippen LogP contribution is 2.23. The molecule has 0 spiro atoms. The summed E-state index contributed by atoms with van der Waals surface area (Å²) >= 11 is 5.23. The SMILES string of the molecule is CC(C)CSc1nc2ccc(Br)cc2[nH]1. The Morgan fingerprint density at radius 2 is 2.27 bits per heavy atom. The molecule has 1 aromatic carbocycles. The Kier molecular flexibility index (Phi) is 3.36. The predicted molar refractivity (Wildman–Crippen MR) is 69.4 cm³/mol. The molecule has 2 aromatic rings. The van der Waals surface area contributed by atoms with Crippen molar-refractivity contribution in [1.82, 2.24) is 9.97 Å². The zero-order valence-corrected chi connectivity index (χ0v) is 11.2. The van der Waals surface area contributed by atoms with E-state index < -0.39 is 0 Å². The molecule has 0 aliphatic heterocycles. The van der Waals surface area contributed by atoms with Gasteiger partial charge in [0.2, 0.25) is 0 Å². The minimum absolute atomic E-state index is 0.690. The lowest BCUT2D eigenvalue weighted by atomic mass is 10.3. The molecule has 80 valence electrons. The van der Waals surface area contributed by atoms with Crippen LogP contribution < -0.4 is 0 Å². The van der Waals surface area contributed by atoms with Gasteiger partial charge in [0.15, 0.2) is 5.16 Å². The zero-order valence-electron chi connectivity index (χ0n) is 8.75. The molecule has 0 aliphatic carbocycles. The van der Waals surface area contributed by atoms with Crippen molar-refractivity contribution >= 4 is 38.7 Å². The number of rotatable bonds is 3. The first kappa shape index (κ1) is 11.0. The van der Waals surface area contributed by atoms with E-state index in [2.05, 4.69) is 45.8 Å². The molecule has 1 N–H and O–H groups in total. The second-order valence-electron chi connectivity index (χ2n) is 3.91. The van der Waals surface area contributed by atoms with Crippen LogP contribution in [0.25, 0.3) is 11.0 Å². The molecular formula is C11H13BrN2S. The molecule has 1 aromatic heterocycles. The number of H-pyrrole nitrogens is 1. The minimum Gasteiger partial charge on any atom is -0.333 e. The van der Waals surface area contributed by atoms with Crippen LogP contribution in [-0.4, -0.2) is 15.7 Å². The number of hydrogen-bond donors (Lipinski definition) is 1. The Bertz CT molecular complexity index is 465. The maximum absolute atomic E-state index is 4.51. The first-order valence-electron chi connectivity index (χ1n) is 4.93. The molecule has 0 unspecified atom stereocenters. The topological polar surface area (TPSA) is 28.7 Å². The van der Waals surface area contributed by atoms with Crippen molar-refractivity contribution in [3.8, 4) is 0 Å². The van der Waals surface area contributed by atoms with Gasteiger partial charge in [0.1, 0.15) is 0 Å². The molecule has 0 radical (unpaired) electrons. The van der Waals surface area contributed by atoms with Crippen molar-refractivity contribution in [2.75, 3.05) is 5.75 Å². The number of imidazole rings is 1. The lowest BCUT2D eigenvalue weighted by molar-refractivity contribution is 0.748. The third-order valence-corrected chi connectivity index (χ3v) is 3.77. The van der Waals surface area contributed by atoms with E-state index in [0.717, 1.165) is 26.4 Å². The van der Waals surface area contributed by atoms with E-state index in [1.54, 1.807) is 11.8 Å². The molecular weight excluding hydrogens is 272 g/mol. The van der Waals surface area contributed by atoms with Crippen LogP contribution in [0.3, 0.4) is 0 Å². The van der Waals surface area contributed by atoms with Gasteiger partial charge in [0, 0.05) is 10.2 Å². The number of halogens is 1. The van der Waals surface area contributed by atoms with Gasteiger partial charge in [-0.3, -0.25) is 0 Å². The lowest BCUT2D eigenvalue weighted by Crippen LogP contribution is -1.90. The molecule has 2 rings (SSSR count). The van der Waals surface area contributed by atoms with Crippen molar-refractivity contribution in [3.63, 3.8) is 0 Å². The Hall–Kier alpha value is -0.480. The normalized spacial score (nSPS) is 11.5. The van der Waals surface area contributed by atoms with Crippen LogP contribution in [-0.2, 0) is 0 Å². The molecule has 0 saturated carbocycles. The fourth-order valence-corrected chi connectivity index (χ4v) is 2.47. The van der Waals surface area contributed by atoms with E-state index in [0.29, 0.717) is 5.92 Å². The number of nitrogens with zero attached hydrogens (tertiary/aromatic N) is 1. The summed E-state index contributed by atoms with van der Waals surface area (Å²) in [6.45, 7) is 4.43. The summed E-state index contributed by atoms with van der Waals surface area (Å²) in [5.41, 5.74) is 2.13. The number of thioether (sulfide) groups is 1. The number of fused-ring (bicyclic) bond motifs is 1. The van der Waals surface area contributed by atoms with Gasteiger partial charge >= 0.3 is 0 Å². The van der Waals surface area contributed by atoms with Crippen LogP contribution in [0.1, 0.15) is 13.8 Å². The highest BCUT2D eigenvalue weighted by Gasteiger charge is 2.04. The van der Waals surface area contributed by atoms with Gasteiger partial charge in [-0.15, -0.1) is 0 Å². The quantitative estimate of drug-likeness (QED) is 0.861. The molecule has 2 nitrogen and oxygen atoms in total. The average Bonchev–Trinajstić information content (AvgIpc) is 2.56. The monoisotopic (exact) mass is 284 g/mol. The molecule has 1 heterocycles. The number of nitrogens with one attached hydrogen (secondary N) is 1. The maximum Gasteiger partial charge on any atom is 0.166 e. The second-order valence-corrected chi connectivity index (χ2v) is 5.83. The molecule has 4 heteroatoms. The molecule has 15 heavy (non-hydrogen) atoms. The largest absolute Gasteiger partial charge is 0.333 e. The van der Waals surface area contributed by atoms with Gasteiger partial charge in [-0.05, 0) is 24.1 Å². The van der Waals surface area contributed by atoms with E-state index in [-0.39, 0.29) is 0 Å². The van der Waals surface area contributed by atoms with E-state index in [4.69, 9.17) is 0 Å². The van der Waals surface area contributed by atoms with Gasteiger partial charge in [-0.2, -0.15) is 0 Å². The first-order chi connectivity index (χ1) is 7.15. The number of aromatic nitrogens is 2. The molecule has 0 bridgehead atoms. The molecule has 0 atom stereocenters. The number of benzene rings is 1. The lowest BCUT2D eigenvalue weighted by Gasteiger charge is -1.99. The smallest absolute Gasteiger partial charge is 0.166 e. The Morgan fingerprint density at radius 3 is 3.00 bits per heavy atom. The number of aromatic amines is 1. The van der Waals surface area contributed by atoms with Crippen molar-refractivity contribution < 1.29 is 0 Å². The fourth-order valence-electron chi connectivity index (χ4n) is 1.27. The summed E-state index contributed by atoms with van der Waals surface area (Å²) in [4.78, 5) is 7.83. The first-order valence-corrected chi connectivity index (χ1v) is 6.71. The fraction of sp³-hybridized carbons (Fsp3) is 0.364. The highest BCUT2D eigenvalue weighted by molar-refractivity contribution is 9.10. The van der Waals surface area contributed by atoms with Gasteiger partial charge in [-0.25, -0.2) is 4.98 Å². The van der Waals surface area contributed by atoms with Crippen LogP contribution in [0.4, 0.5) is 0 Å². The molecule has 0 aliphatic rings. The van der Waals surface area contributed by atoms with E-state index in [9.17, 15) is 0 Å². The summed E-state index contributed by atoms with van der Waals surface area (Å²) in [7, 11) is 0. The standard InChI is InChI=1S/C11H13BrN2S/c1-7(2)6-15-11-13-9-4-3-8(12)5-10(9)14-11/h3-5,7H,6H2,1-2H3,(H,13,14). The zero-order chi connectivity index (χ0) is 10.8. The Labute approximate surface area is 102 Å². The third-order valence-electron chi connectivity index (χ3n) is 1.98.